The van der Waals surface area contributed by atoms with Crippen LogP contribution < -0.4 is 25.6 Å². The summed E-state index contributed by atoms with van der Waals surface area (Å²) in [6.07, 6.45) is -0.870. The van der Waals surface area contributed by atoms with Gasteiger partial charge >= 0.3 is 10.3 Å². The molecule has 15 heteroatoms. The van der Waals surface area contributed by atoms with Gasteiger partial charge in [-0.05, 0) is 60.1 Å². The van der Waals surface area contributed by atoms with Gasteiger partial charge in [0.15, 0.2) is 0 Å². The van der Waals surface area contributed by atoms with E-state index in [1.165, 1.54) is 18.2 Å². The normalized spacial score (nSPS) is 14.4. The average molecular weight is 858 g/mol. The number of ether oxygens (including phenoxy) is 1. The van der Waals surface area contributed by atoms with Crippen molar-refractivity contribution in [2.45, 2.75) is 84.8 Å². The molecule has 14 nitrogen and oxygen atoms in total. The second-order valence-corrected chi connectivity index (χ2v) is 17.1. The van der Waals surface area contributed by atoms with E-state index in [1.807, 2.05) is 119 Å². The van der Waals surface area contributed by atoms with E-state index in [1.54, 1.807) is 6.92 Å². The van der Waals surface area contributed by atoms with Crippen molar-refractivity contribution >= 4 is 39.6 Å². The molecule has 0 fully saturated rings. The van der Waals surface area contributed by atoms with Crippen LogP contribution in [0.3, 0.4) is 0 Å². The molecule has 0 aromatic heterocycles. The van der Waals surface area contributed by atoms with Crippen molar-refractivity contribution in [2.75, 3.05) is 18.0 Å². The van der Waals surface area contributed by atoms with Gasteiger partial charge < -0.3 is 31.1 Å². The lowest BCUT2D eigenvalue weighted by atomic mass is 9.86. The minimum atomic E-state index is -4.80. The van der Waals surface area contributed by atoms with E-state index < -0.39 is 58.2 Å². The van der Waals surface area contributed by atoms with Gasteiger partial charge in [-0.15, -0.1) is 0 Å². The topological polar surface area (TPSA) is 203 Å². The summed E-state index contributed by atoms with van der Waals surface area (Å²) in [6, 6.07) is 29.1. The number of nitrogens with zero attached hydrogens (tertiary/aromatic N) is 1. The second kappa shape index (κ2) is 22.8. The lowest BCUT2D eigenvalue weighted by Gasteiger charge is -2.31. The van der Waals surface area contributed by atoms with Crippen LogP contribution in [0, 0.1) is 17.8 Å². The number of carbonyl (C=O) groups is 4. The first-order valence-electron chi connectivity index (χ1n) is 20.4. The van der Waals surface area contributed by atoms with E-state index in [4.69, 9.17) is 4.74 Å². The molecule has 61 heavy (non-hydrogen) atoms. The van der Waals surface area contributed by atoms with Gasteiger partial charge in [-0.25, -0.2) is 0 Å². The monoisotopic (exact) mass is 857 g/mol. The molecule has 0 aliphatic rings. The van der Waals surface area contributed by atoms with Crippen LogP contribution >= 0.6 is 0 Å². The maximum absolute atomic E-state index is 14.1. The molecule has 0 bridgehead atoms. The Bertz CT molecular complexity index is 2160. The maximum Gasteiger partial charge on any atom is 0.359 e. The Balaban J connectivity index is 1.60. The maximum atomic E-state index is 14.1. The van der Waals surface area contributed by atoms with Gasteiger partial charge in [0.25, 0.3) is 11.8 Å². The van der Waals surface area contributed by atoms with Crippen LogP contribution in [0.15, 0.2) is 109 Å². The van der Waals surface area contributed by atoms with E-state index in [0.717, 1.165) is 23.7 Å². The first kappa shape index (κ1) is 48.1. The van der Waals surface area contributed by atoms with Crippen molar-refractivity contribution in [1.82, 2.24) is 21.3 Å². The third-order valence-corrected chi connectivity index (χ3v) is 11.6. The molecule has 0 saturated heterocycles. The molecule has 4 amide bonds. The Morgan fingerprint density at radius 1 is 0.738 bits per heavy atom. The van der Waals surface area contributed by atoms with Crippen molar-refractivity contribution < 1.29 is 42.0 Å². The van der Waals surface area contributed by atoms with E-state index in [2.05, 4.69) is 21.3 Å². The summed E-state index contributed by atoms with van der Waals surface area (Å²) < 4.78 is 40.8. The Kier molecular flexibility index (Phi) is 18.0. The number of aliphatic hydroxyl groups is 1. The Morgan fingerprint density at radius 3 is 1.82 bits per heavy atom. The van der Waals surface area contributed by atoms with E-state index in [9.17, 15) is 37.3 Å². The first-order valence-corrected chi connectivity index (χ1v) is 21.8. The highest BCUT2D eigenvalue weighted by molar-refractivity contribution is 7.87. The summed E-state index contributed by atoms with van der Waals surface area (Å²) in [4.78, 5) is 55.2. The number of anilines is 1. The summed E-state index contributed by atoms with van der Waals surface area (Å²) in [6.45, 7) is 9.46. The molecular weight excluding hydrogens is 799 g/mol. The average Bonchev–Trinajstić information content (AvgIpc) is 3.25. The van der Waals surface area contributed by atoms with Crippen LogP contribution in [-0.4, -0.2) is 73.5 Å². The number of carbonyl (C=O) groups excluding carboxylic acids is 4. The molecule has 4 aromatic carbocycles. The fraction of sp³-hybridized carbons (Fsp3) is 0.391. The van der Waals surface area contributed by atoms with E-state index in [0.29, 0.717) is 10.7 Å². The zero-order valence-corrected chi connectivity index (χ0v) is 36.4. The highest BCUT2D eigenvalue weighted by Crippen LogP contribution is 2.24. The van der Waals surface area contributed by atoms with Crippen LogP contribution in [-0.2, 0) is 37.8 Å². The van der Waals surface area contributed by atoms with Gasteiger partial charge in [-0.1, -0.05) is 125 Å². The molecule has 6 N–H and O–H groups in total. The summed E-state index contributed by atoms with van der Waals surface area (Å²) >= 11 is 0. The number of amides is 4. The third-order valence-electron chi connectivity index (χ3n) is 10.7. The molecule has 0 heterocycles. The molecule has 0 saturated carbocycles. The van der Waals surface area contributed by atoms with Crippen molar-refractivity contribution in [1.29, 1.82) is 0 Å². The smallest absolute Gasteiger partial charge is 0.359 e. The van der Waals surface area contributed by atoms with Crippen molar-refractivity contribution in [2.24, 2.45) is 17.8 Å². The summed E-state index contributed by atoms with van der Waals surface area (Å²) in [5, 5.41) is 23.3. The van der Waals surface area contributed by atoms with E-state index >= 15 is 0 Å². The SMILES string of the molecule is CCC(C)[C@H](NC(=O)[C@@H](C[C@H](O)[C@H](COCc1ccccc1)NC(=O)c1cc(C(=O)N[C@H](C)c2ccccc2)cc(N(C)S(=O)(=O)O)c1)C(C)C)C(=O)NCc1ccccc1. The quantitative estimate of drug-likeness (QED) is 0.0544. The highest BCUT2D eigenvalue weighted by Gasteiger charge is 2.34. The van der Waals surface area contributed by atoms with Gasteiger partial charge in [-0.2, -0.15) is 8.42 Å². The Hall–Kier alpha value is -5.61. The third kappa shape index (κ3) is 14.5. The van der Waals surface area contributed by atoms with Crippen LogP contribution in [0.1, 0.15) is 90.9 Å². The molecule has 0 radical (unpaired) electrons. The molecule has 0 spiro atoms. The van der Waals surface area contributed by atoms with Crippen molar-refractivity contribution in [3.63, 3.8) is 0 Å². The predicted octanol–water partition coefficient (Wildman–Crippen LogP) is 5.60. The van der Waals surface area contributed by atoms with Crippen molar-refractivity contribution in [3.05, 3.63) is 137 Å². The summed E-state index contributed by atoms with van der Waals surface area (Å²) in [5.74, 6) is -3.49. The Morgan fingerprint density at radius 2 is 1.28 bits per heavy atom. The molecular formula is C46H59N5O9S. The zero-order chi connectivity index (χ0) is 44.7. The van der Waals surface area contributed by atoms with Gasteiger partial charge in [0.1, 0.15) is 6.04 Å². The van der Waals surface area contributed by atoms with Crippen LogP contribution in [0.4, 0.5) is 5.69 Å². The number of nitrogens with one attached hydrogen (secondary N) is 4. The van der Waals surface area contributed by atoms with Crippen LogP contribution in [0.2, 0.25) is 0 Å². The van der Waals surface area contributed by atoms with Crippen molar-refractivity contribution in [3.8, 4) is 0 Å². The van der Waals surface area contributed by atoms with Crippen LogP contribution in [0.25, 0.3) is 0 Å². The number of aliphatic hydroxyl groups excluding tert-OH is 1. The minimum Gasteiger partial charge on any atom is -0.391 e. The molecule has 0 aliphatic heterocycles. The van der Waals surface area contributed by atoms with Gasteiger partial charge in [0.05, 0.1) is 37.1 Å². The van der Waals surface area contributed by atoms with Gasteiger partial charge in [0, 0.05) is 30.6 Å². The number of hydrogen-bond acceptors (Lipinski definition) is 8. The second-order valence-electron chi connectivity index (χ2n) is 15.6. The lowest BCUT2D eigenvalue weighted by molar-refractivity contribution is -0.134. The molecule has 4 rings (SSSR count). The zero-order valence-electron chi connectivity index (χ0n) is 35.6. The fourth-order valence-electron chi connectivity index (χ4n) is 6.64. The standard InChI is InChI=1S/C46H59N5O9S/c1-7-31(4)42(46(56)47-27-33-17-11-8-12-18-33)50-45(55)39(30(2)3)26-41(52)40(29-60-28-34-19-13-9-14-20-34)49-44(54)37-23-36(24-38(25-37)51(6)61(57,58)59)43(53)48-32(5)35-21-15-10-16-22-35/h8-25,30-32,39-42,52H,7,26-29H2,1-6H3,(H,47,56)(H,48,53)(H,49,54)(H,50,55)(H,57,58,59)/t31?,32-,39+,40+,41+,42+/m1/s1. The summed E-state index contributed by atoms with van der Waals surface area (Å²) in [7, 11) is -3.73. The predicted molar refractivity (Wildman–Crippen MR) is 235 cm³/mol. The number of benzene rings is 4. The highest BCUT2D eigenvalue weighted by atomic mass is 32.2. The Labute approximate surface area is 359 Å². The van der Waals surface area contributed by atoms with Crippen LogP contribution in [0.5, 0.6) is 0 Å². The largest absolute Gasteiger partial charge is 0.391 e. The van der Waals surface area contributed by atoms with E-state index in [-0.39, 0.29) is 60.7 Å². The first-order chi connectivity index (χ1) is 29.0. The summed E-state index contributed by atoms with van der Waals surface area (Å²) in [5.41, 5.74) is 2.16. The molecule has 0 aliphatic carbocycles. The number of hydrogen-bond donors (Lipinski definition) is 6. The molecule has 4 aromatic rings. The number of rotatable bonds is 22. The molecule has 328 valence electrons. The fourth-order valence-corrected chi connectivity index (χ4v) is 7.01. The lowest BCUT2D eigenvalue weighted by Crippen LogP contribution is -2.53. The van der Waals surface area contributed by atoms with Gasteiger partial charge in [-0.3, -0.25) is 28.0 Å². The van der Waals surface area contributed by atoms with Gasteiger partial charge in [0.2, 0.25) is 11.8 Å². The minimum absolute atomic E-state index is 0.0708. The molecule has 6 atom stereocenters. The molecule has 1 unspecified atom stereocenters.